The van der Waals surface area contributed by atoms with Gasteiger partial charge in [0.05, 0.1) is 0 Å². The third-order valence-corrected chi connectivity index (χ3v) is 2.72. The van der Waals surface area contributed by atoms with E-state index in [0.717, 1.165) is 11.3 Å². The van der Waals surface area contributed by atoms with Gasteiger partial charge >= 0.3 is 0 Å². The minimum absolute atomic E-state index is 0.603. The number of rotatable bonds is 4. The average Bonchev–Trinajstić information content (AvgIpc) is 2.38. The van der Waals surface area contributed by atoms with Crippen LogP contribution in [0.4, 0.5) is 0 Å². The summed E-state index contributed by atoms with van der Waals surface area (Å²) in [4.78, 5) is 0. The highest BCUT2D eigenvalue weighted by Gasteiger charge is 2.00. The van der Waals surface area contributed by atoms with Crippen LogP contribution < -0.4 is 4.74 Å². The summed E-state index contributed by atoms with van der Waals surface area (Å²) in [5.74, 6) is 1.62. The lowest BCUT2D eigenvalue weighted by atomic mass is 10.2. The maximum Gasteiger partial charge on any atom is 0.123 e. The number of ether oxygens (including phenoxy) is 1. The first-order valence-corrected chi connectivity index (χ1v) is 5.89. The summed E-state index contributed by atoms with van der Waals surface area (Å²) >= 11 is 4.28. The first kappa shape index (κ1) is 11.1. The Bertz CT molecular complexity index is 439. The quantitative estimate of drug-likeness (QED) is 0.788. The van der Waals surface area contributed by atoms with Crippen molar-refractivity contribution in [3.8, 4) is 5.75 Å². The molecule has 2 rings (SSSR count). The number of hydrogen-bond donors (Lipinski definition) is 1. The molecule has 1 nitrogen and oxygen atoms in total. The lowest BCUT2D eigenvalue weighted by Crippen LogP contribution is -1.97. The summed E-state index contributed by atoms with van der Waals surface area (Å²) in [7, 11) is 0. The Hall–Kier alpha value is -1.41. The van der Waals surface area contributed by atoms with Crippen molar-refractivity contribution in [2.75, 3.05) is 0 Å². The summed E-state index contributed by atoms with van der Waals surface area (Å²) in [6.45, 7) is 0.603. The minimum Gasteiger partial charge on any atom is -0.489 e. The predicted octanol–water partition coefficient (Wildman–Crippen LogP) is 3.70. The second-order valence-corrected chi connectivity index (χ2v) is 3.86. The molecule has 0 atom stereocenters. The van der Waals surface area contributed by atoms with Crippen LogP contribution in [-0.4, -0.2) is 0 Å². The molecule has 0 fully saturated rings. The van der Waals surface area contributed by atoms with Crippen molar-refractivity contribution in [2.45, 2.75) is 12.4 Å². The van der Waals surface area contributed by atoms with Crippen LogP contribution in [0.2, 0.25) is 0 Å². The summed E-state index contributed by atoms with van der Waals surface area (Å²) in [6, 6.07) is 18.2. The average molecular weight is 230 g/mol. The zero-order chi connectivity index (χ0) is 11.2. The van der Waals surface area contributed by atoms with Gasteiger partial charge in [-0.15, -0.1) is 0 Å². The number of thiol groups is 1. The van der Waals surface area contributed by atoms with Crippen molar-refractivity contribution >= 4 is 12.6 Å². The fourth-order valence-electron chi connectivity index (χ4n) is 1.51. The van der Waals surface area contributed by atoms with E-state index in [0.29, 0.717) is 12.4 Å². The van der Waals surface area contributed by atoms with Gasteiger partial charge < -0.3 is 4.74 Å². The maximum atomic E-state index is 5.77. The van der Waals surface area contributed by atoms with Gasteiger partial charge in [0.1, 0.15) is 12.4 Å². The highest BCUT2D eigenvalue weighted by atomic mass is 32.1. The highest BCUT2D eigenvalue weighted by Crippen LogP contribution is 2.20. The van der Waals surface area contributed by atoms with Crippen LogP contribution in [-0.2, 0) is 12.4 Å². The number of para-hydroxylation sites is 1. The Morgan fingerprint density at radius 1 is 0.875 bits per heavy atom. The molecule has 0 N–H and O–H groups in total. The van der Waals surface area contributed by atoms with Crippen molar-refractivity contribution in [1.29, 1.82) is 0 Å². The molecule has 0 bridgehead atoms. The van der Waals surface area contributed by atoms with Crippen LogP contribution in [0.5, 0.6) is 5.75 Å². The van der Waals surface area contributed by atoms with E-state index in [9.17, 15) is 0 Å². The van der Waals surface area contributed by atoms with Gasteiger partial charge in [-0.25, -0.2) is 0 Å². The Kier molecular flexibility index (Phi) is 3.89. The first-order valence-electron chi connectivity index (χ1n) is 5.25. The van der Waals surface area contributed by atoms with Gasteiger partial charge in [-0.05, 0) is 11.6 Å². The fourth-order valence-corrected chi connectivity index (χ4v) is 1.77. The second kappa shape index (κ2) is 5.61. The second-order valence-electron chi connectivity index (χ2n) is 3.54. The normalized spacial score (nSPS) is 10.1. The van der Waals surface area contributed by atoms with Gasteiger partial charge in [-0.3, -0.25) is 0 Å². The smallest absolute Gasteiger partial charge is 0.123 e. The molecule has 82 valence electrons. The monoisotopic (exact) mass is 230 g/mol. The standard InChI is InChI=1S/C14H14OS/c16-11-13-8-4-5-9-14(13)15-10-12-6-2-1-3-7-12/h1-9,16H,10-11H2. The van der Waals surface area contributed by atoms with Gasteiger partial charge in [-0.2, -0.15) is 12.6 Å². The van der Waals surface area contributed by atoms with E-state index in [-0.39, 0.29) is 0 Å². The molecule has 0 aliphatic rings. The molecule has 0 radical (unpaired) electrons. The van der Waals surface area contributed by atoms with Gasteiger partial charge in [0, 0.05) is 11.3 Å². The molecule has 0 heterocycles. The molecule has 2 heteroatoms. The van der Waals surface area contributed by atoms with E-state index in [1.165, 1.54) is 5.56 Å². The minimum atomic E-state index is 0.603. The molecule has 16 heavy (non-hydrogen) atoms. The molecule has 2 aromatic carbocycles. The Morgan fingerprint density at radius 3 is 2.31 bits per heavy atom. The van der Waals surface area contributed by atoms with Crippen molar-refractivity contribution in [3.05, 3.63) is 65.7 Å². The molecular weight excluding hydrogens is 216 g/mol. The lowest BCUT2D eigenvalue weighted by molar-refractivity contribution is 0.304. The SMILES string of the molecule is SCc1ccccc1OCc1ccccc1. The largest absolute Gasteiger partial charge is 0.489 e. The zero-order valence-corrected chi connectivity index (χ0v) is 9.86. The summed E-state index contributed by atoms with van der Waals surface area (Å²) < 4.78 is 5.77. The van der Waals surface area contributed by atoms with Crippen molar-refractivity contribution < 1.29 is 4.74 Å². The third kappa shape index (κ3) is 2.80. The van der Waals surface area contributed by atoms with E-state index in [4.69, 9.17) is 4.74 Å². The molecule has 0 aliphatic heterocycles. The van der Waals surface area contributed by atoms with Gasteiger partial charge in [0.2, 0.25) is 0 Å². The maximum absolute atomic E-state index is 5.77. The third-order valence-electron chi connectivity index (χ3n) is 2.38. The Labute approximate surface area is 101 Å². The van der Waals surface area contributed by atoms with E-state index in [1.807, 2.05) is 42.5 Å². The van der Waals surface area contributed by atoms with E-state index in [1.54, 1.807) is 0 Å². The number of benzene rings is 2. The summed E-state index contributed by atoms with van der Waals surface area (Å²) in [5, 5.41) is 0. The molecule has 0 aliphatic carbocycles. The van der Waals surface area contributed by atoms with E-state index >= 15 is 0 Å². The van der Waals surface area contributed by atoms with Crippen LogP contribution in [0.15, 0.2) is 54.6 Å². The molecular formula is C14H14OS. The zero-order valence-electron chi connectivity index (χ0n) is 8.97. The molecule has 0 aromatic heterocycles. The van der Waals surface area contributed by atoms with Crippen LogP contribution >= 0.6 is 12.6 Å². The summed E-state index contributed by atoms with van der Waals surface area (Å²) in [6.07, 6.45) is 0. The van der Waals surface area contributed by atoms with Crippen LogP contribution in [0.3, 0.4) is 0 Å². The van der Waals surface area contributed by atoms with Crippen molar-refractivity contribution in [2.24, 2.45) is 0 Å². The van der Waals surface area contributed by atoms with Crippen LogP contribution in [0.1, 0.15) is 11.1 Å². The van der Waals surface area contributed by atoms with Crippen LogP contribution in [0, 0.1) is 0 Å². The van der Waals surface area contributed by atoms with E-state index < -0.39 is 0 Å². The number of hydrogen-bond acceptors (Lipinski definition) is 2. The fraction of sp³-hybridized carbons (Fsp3) is 0.143. The molecule has 0 unspecified atom stereocenters. The van der Waals surface area contributed by atoms with Gasteiger partial charge in [-0.1, -0.05) is 48.5 Å². The first-order chi connectivity index (χ1) is 7.90. The van der Waals surface area contributed by atoms with Gasteiger partial charge in [0.15, 0.2) is 0 Å². The molecule has 0 saturated carbocycles. The summed E-state index contributed by atoms with van der Waals surface area (Å²) in [5.41, 5.74) is 2.30. The van der Waals surface area contributed by atoms with Gasteiger partial charge in [0.25, 0.3) is 0 Å². The Balaban J connectivity index is 2.05. The molecule has 2 aromatic rings. The van der Waals surface area contributed by atoms with Crippen LogP contribution in [0.25, 0.3) is 0 Å². The van der Waals surface area contributed by atoms with Crippen molar-refractivity contribution in [3.63, 3.8) is 0 Å². The lowest BCUT2D eigenvalue weighted by Gasteiger charge is -2.09. The molecule has 0 amide bonds. The topological polar surface area (TPSA) is 9.23 Å². The highest BCUT2D eigenvalue weighted by molar-refractivity contribution is 7.79. The molecule has 0 saturated heterocycles. The predicted molar refractivity (Wildman–Crippen MR) is 69.9 cm³/mol. The van der Waals surface area contributed by atoms with Crippen molar-refractivity contribution in [1.82, 2.24) is 0 Å². The Morgan fingerprint density at radius 2 is 1.56 bits per heavy atom. The van der Waals surface area contributed by atoms with E-state index in [2.05, 4.69) is 24.8 Å². The molecule has 0 spiro atoms.